The van der Waals surface area contributed by atoms with Crippen molar-refractivity contribution < 1.29 is 17.9 Å². The monoisotopic (exact) mass is 461 g/mol. The summed E-state index contributed by atoms with van der Waals surface area (Å²) >= 11 is 3.35. The minimum atomic E-state index is -3.60. The third-order valence-electron chi connectivity index (χ3n) is 4.57. The van der Waals surface area contributed by atoms with E-state index in [4.69, 9.17) is 4.74 Å². The molecule has 1 aromatic rings. The third kappa shape index (κ3) is 5.99. The van der Waals surface area contributed by atoms with E-state index in [9.17, 15) is 13.2 Å². The zero-order chi connectivity index (χ0) is 19.9. The number of nitrogens with zero attached hydrogens (tertiary/aromatic N) is 2. The van der Waals surface area contributed by atoms with Gasteiger partial charge in [-0.25, -0.2) is 8.42 Å². The molecule has 1 fully saturated rings. The van der Waals surface area contributed by atoms with Crippen molar-refractivity contribution in [3.05, 3.63) is 28.2 Å². The molecule has 1 N–H and O–H groups in total. The van der Waals surface area contributed by atoms with Crippen molar-refractivity contribution in [3.8, 4) is 0 Å². The van der Waals surface area contributed by atoms with Crippen molar-refractivity contribution in [2.24, 2.45) is 0 Å². The second-order valence-corrected chi connectivity index (χ2v) is 9.09. The van der Waals surface area contributed by atoms with Crippen LogP contribution in [-0.4, -0.2) is 76.0 Å². The van der Waals surface area contributed by atoms with E-state index in [1.54, 1.807) is 19.9 Å². The average molecular weight is 462 g/mol. The van der Waals surface area contributed by atoms with Gasteiger partial charge in [0.25, 0.3) is 5.91 Å². The summed E-state index contributed by atoms with van der Waals surface area (Å²) in [5, 5.41) is 2.88. The average Bonchev–Trinajstić information content (AvgIpc) is 2.67. The molecule has 7 nitrogen and oxygen atoms in total. The number of sulfonamides is 1. The fraction of sp³-hybridized carbons (Fsp3) is 0.611. The molecule has 0 radical (unpaired) electrons. The van der Waals surface area contributed by atoms with Gasteiger partial charge < -0.3 is 10.1 Å². The molecule has 2 rings (SSSR count). The summed E-state index contributed by atoms with van der Waals surface area (Å²) in [5.74, 6) is -0.277. The number of rotatable bonds is 9. The van der Waals surface area contributed by atoms with Crippen LogP contribution < -0.4 is 5.32 Å². The number of ether oxygens (including phenoxy) is 1. The van der Waals surface area contributed by atoms with Crippen LogP contribution in [0.3, 0.4) is 0 Å². The number of carbonyl (C=O) groups is 1. The minimum absolute atomic E-state index is 0.132. The molecule has 0 aliphatic carbocycles. The number of nitrogens with one attached hydrogen (secondary N) is 1. The van der Waals surface area contributed by atoms with E-state index in [0.717, 1.165) is 39.3 Å². The van der Waals surface area contributed by atoms with Crippen LogP contribution in [0.4, 0.5) is 0 Å². The molecule has 1 heterocycles. The highest BCUT2D eigenvalue weighted by Gasteiger charge is 2.23. The summed E-state index contributed by atoms with van der Waals surface area (Å²) < 4.78 is 32.6. The Morgan fingerprint density at radius 1 is 1.26 bits per heavy atom. The van der Waals surface area contributed by atoms with Crippen molar-refractivity contribution in [3.63, 3.8) is 0 Å². The third-order valence-corrected chi connectivity index (χ3v) is 7.30. The van der Waals surface area contributed by atoms with E-state index in [1.807, 2.05) is 0 Å². The number of hydrogen-bond donors (Lipinski definition) is 1. The van der Waals surface area contributed by atoms with E-state index < -0.39 is 10.0 Å². The predicted octanol–water partition coefficient (Wildman–Crippen LogP) is 1.93. The molecule has 1 aromatic carbocycles. The van der Waals surface area contributed by atoms with Crippen molar-refractivity contribution in [1.29, 1.82) is 0 Å². The Morgan fingerprint density at radius 2 is 1.93 bits per heavy atom. The van der Waals surface area contributed by atoms with Crippen molar-refractivity contribution >= 4 is 31.9 Å². The lowest BCUT2D eigenvalue weighted by atomic mass is 10.2. The Bertz CT molecular complexity index is 732. The fourth-order valence-corrected chi connectivity index (χ4v) is 4.89. The van der Waals surface area contributed by atoms with Gasteiger partial charge in [-0.3, -0.25) is 9.69 Å². The Morgan fingerprint density at radius 3 is 2.56 bits per heavy atom. The van der Waals surface area contributed by atoms with E-state index >= 15 is 0 Å². The molecule has 0 bridgehead atoms. The molecule has 152 valence electrons. The summed E-state index contributed by atoms with van der Waals surface area (Å²) in [6.07, 6.45) is 0.834. The number of morpholine rings is 1. The normalized spacial score (nSPS) is 15.9. The molecular formula is C18H28BrN3O4S. The SMILES string of the molecule is CCN(CC)S(=O)(=O)c1ccc(Br)c(C(=O)NCCCN2CCOCC2)c1. The van der Waals surface area contributed by atoms with Crippen molar-refractivity contribution in [2.75, 3.05) is 52.5 Å². The largest absolute Gasteiger partial charge is 0.379 e. The van der Waals surface area contributed by atoms with E-state index in [1.165, 1.54) is 16.4 Å². The maximum Gasteiger partial charge on any atom is 0.252 e. The summed E-state index contributed by atoms with van der Waals surface area (Å²) in [4.78, 5) is 15.0. The number of benzene rings is 1. The summed E-state index contributed by atoms with van der Waals surface area (Å²) in [6, 6.07) is 4.57. The predicted molar refractivity (Wildman–Crippen MR) is 108 cm³/mol. The van der Waals surface area contributed by atoms with E-state index in [2.05, 4.69) is 26.1 Å². The zero-order valence-corrected chi connectivity index (χ0v) is 18.3. The number of halogens is 1. The highest BCUT2D eigenvalue weighted by molar-refractivity contribution is 9.10. The first-order valence-corrected chi connectivity index (χ1v) is 11.5. The molecule has 27 heavy (non-hydrogen) atoms. The van der Waals surface area contributed by atoms with Crippen LogP contribution in [0.15, 0.2) is 27.6 Å². The molecule has 1 aliphatic heterocycles. The highest BCUT2D eigenvalue weighted by atomic mass is 79.9. The van der Waals surface area contributed by atoms with Gasteiger partial charge in [0.1, 0.15) is 0 Å². The fourth-order valence-electron chi connectivity index (χ4n) is 2.98. The Hall–Kier alpha value is -1.00. The summed E-state index contributed by atoms with van der Waals surface area (Å²) in [7, 11) is -3.60. The molecule has 9 heteroatoms. The van der Waals surface area contributed by atoms with Gasteiger partial charge in [-0.2, -0.15) is 4.31 Å². The second kappa shape index (κ2) is 10.5. The molecule has 0 spiro atoms. The first kappa shape index (κ1) is 22.3. The molecule has 0 unspecified atom stereocenters. The molecule has 1 saturated heterocycles. The molecule has 0 saturated carbocycles. The number of carbonyl (C=O) groups excluding carboxylic acids is 1. The van der Waals surface area contributed by atoms with Crippen LogP contribution in [0.25, 0.3) is 0 Å². The lowest BCUT2D eigenvalue weighted by Crippen LogP contribution is -2.38. The maximum atomic E-state index is 12.7. The first-order chi connectivity index (χ1) is 12.9. The standard InChI is InChI=1S/C18H28BrN3O4S/c1-3-22(4-2)27(24,25)15-6-7-17(19)16(14-15)18(23)20-8-5-9-21-10-12-26-13-11-21/h6-7,14H,3-5,8-13H2,1-2H3,(H,20,23). The Kier molecular flexibility index (Phi) is 8.68. The minimum Gasteiger partial charge on any atom is -0.379 e. The quantitative estimate of drug-likeness (QED) is 0.568. The summed E-state index contributed by atoms with van der Waals surface area (Å²) in [6.45, 7) is 9.16. The topological polar surface area (TPSA) is 79.0 Å². The second-order valence-electron chi connectivity index (χ2n) is 6.29. The molecular weight excluding hydrogens is 434 g/mol. The summed E-state index contributed by atoms with van der Waals surface area (Å²) in [5.41, 5.74) is 0.328. The number of hydrogen-bond acceptors (Lipinski definition) is 5. The van der Waals surface area contributed by atoms with Gasteiger partial charge in [0, 0.05) is 37.2 Å². The van der Waals surface area contributed by atoms with Gasteiger partial charge in [-0.1, -0.05) is 13.8 Å². The Balaban J connectivity index is 1.99. The van der Waals surface area contributed by atoms with Crippen LogP contribution in [-0.2, 0) is 14.8 Å². The molecule has 0 aromatic heterocycles. The zero-order valence-electron chi connectivity index (χ0n) is 15.9. The van der Waals surface area contributed by atoms with Crippen LogP contribution in [0.5, 0.6) is 0 Å². The van der Waals surface area contributed by atoms with Crippen LogP contribution in [0, 0.1) is 0 Å². The van der Waals surface area contributed by atoms with Gasteiger partial charge in [0.2, 0.25) is 10.0 Å². The lowest BCUT2D eigenvalue weighted by Gasteiger charge is -2.26. The van der Waals surface area contributed by atoms with Crippen LogP contribution >= 0.6 is 15.9 Å². The van der Waals surface area contributed by atoms with Crippen molar-refractivity contribution in [1.82, 2.24) is 14.5 Å². The highest BCUT2D eigenvalue weighted by Crippen LogP contribution is 2.23. The van der Waals surface area contributed by atoms with E-state index in [0.29, 0.717) is 29.7 Å². The number of amides is 1. The van der Waals surface area contributed by atoms with Gasteiger partial charge >= 0.3 is 0 Å². The van der Waals surface area contributed by atoms with Gasteiger partial charge in [-0.15, -0.1) is 0 Å². The molecule has 1 amide bonds. The molecule has 0 atom stereocenters. The Labute approximate surface area is 170 Å². The molecule has 1 aliphatic rings. The first-order valence-electron chi connectivity index (χ1n) is 9.28. The van der Waals surface area contributed by atoms with Crippen LogP contribution in [0.1, 0.15) is 30.6 Å². The van der Waals surface area contributed by atoms with E-state index in [-0.39, 0.29) is 10.8 Å². The van der Waals surface area contributed by atoms with Gasteiger partial charge in [0.15, 0.2) is 0 Å². The van der Waals surface area contributed by atoms with Crippen LogP contribution in [0.2, 0.25) is 0 Å². The lowest BCUT2D eigenvalue weighted by molar-refractivity contribution is 0.0374. The maximum absolute atomic E-state index is 12.7. The van der Waals surface area contributed by atoms with Crippen molar-refractivity contribution in [2.45, 2.75) is 25.2 Å². The van der Waals surface area contributed by atoms with Gasteiger partial charge in [-0.05, 0) is 47.1 Å². The van der Waals surface area contributed by atoms with Gasteiger partial charge in [0.05, 0.1) is 23.7 Å². The smallest absolute Gasteiger partial charge is 0.252 e.